The Morgan fingerprint density at radius 1 is 1.53 bits per heavy atom. The van der Waals surface area contributed by atoms with Gasteiger partial charge in [-0.3, -0.25) is 0 Å². The fourth-order valence-electron chi connectivity index (χ4n) is 2.44. The van der Waals surface area contributed by atoms with E-state index in [0.29, 0.717) is 22.8 Å². The van der Waals surface area contributed by atoms with Gasteiger partial charge in [0.2, 0.25) is 0 Å². The molecule has 0 aromatic carbocycles. The van der Waals surface area contributed by atoms with Gasteiger partial charge in [0.15, 0.2) is 0 Å². The van der Waals surface area contributed by atoms with Crippen LogP contribution in [-0.2, 0) is 9.53 Å². The van der Waals surface area contributed by atoms with Crippen LogP contribution in [0.1, 0.15) is 32.6 Å². The predicted octanol–water partition coefficient (Wildman–Crippen LogP) is 2.03. The van der Waals surface area contributed by atoms with Crippen molar-refractivity contribution < 1.29 is 9.53 Å². The molecule has 1 aliphatic carbocycles. The van der Waals surface area contributed by atoms with E-state index in [2.05, 4.69) is 0 Å². The van der Waals surface area contributed by atoms with Gasteiger partial charge in [0.05, 0.1) is 17.2 Å². The average Bonchev–Trinajstić information content (AvgIpc) is 2.54. The van der Waals surface area contributed by atoms with E-state index in [1.165, 1.54) is 19.3 Å². The fraction of sp³-hybridized carbons (Fsp3) is 0.727. The molecule has 0 saturated heterocycles. The molecule has 3 nitrogen and oxygen atoms in total. The van der Waals surface area contributed by atoms with Crippen LogP contribution in [0.15, 0.2) is 10.6 Å². The summed E-state index contributed by atoms with van der Waals surface area (Å²) in [6.45, 7) is 2.26. The molecular formula is C11H17NO2S. The van der Waals surface area contributed by atoms with E-state index in [1.54, 1.807) is 11.8 Å². The van der Waals surface area contributed by atoms with Crippen molar-refractivity contribution >= 4 is 17.7 Å². The number of thioether (sulfide) groups is 1. The standard InChI is InChI=1S/C11H17NO2S/c1-2-14-11(13)9-7-5-3-4-6-8(7)15-10(9)12/h7-8H,2-6,12H2,1H3. The molecule has 15 heavy (non-hydrogen) atoms. The molecule has 0 aromatic heterocycles. The SMILES string of the molecule is CCOC(=O)C1=C(N)SC2CCCCC12. The van der Waals surface area contributed by atoms with Crippen LogP contribution in [0.2, 0.25) is 0 Å². The zero-order valence-electron chi connectivity index (χ0n) is 8.99. The number of esters is 1. The number of rotatable bonds is 2. The van der Waals surface area contributed by atoms with Crippen molar-refractivity contribution in [2.24, 2.45) is 11.7 Å². The topological polar surface area (TPSA) is 52.3 Å². The minimum Gasteiger partial charge on any atom is -0.463 e. The Bertz CT molecular complexity index is 301. The molecule has 84 valence electrons. The Morgan fingerprint density at radius 2 is 2.27 bits per heavy atom. The van der Waals surface area contributed by atoms with Crippen molar-refractivity contribution in [3.05, 3.63) is 10.6 Å². The molecule has 0 amide bonds. The molecule has 1 saturated carbocycles. The predicted molar refractivity (Wildman–Crippen MR) is 61.2 cm³/mol. The molecule has 0 bridgehead atoms. The number of hydrogen-bond acceptors (Lipinski definition) is 4. The Kier molecular flexibility index (Phi) is 3.24. The van der Waals surface area contributed by atoms with Crippen molar-refractivity contribution in [2.45, 2.75) is 37.9 Å². The van der Waals surface area contributed by atoms with Crippen LogP contribution in [0.4, 0.5) is 0 Å². The van der Waals surface area contributed by atoms with Crippen molar-refractivity contribution in [2.75, 3.05) is 6.61 Å². The zero-order valence-corrected chi connectivity index (χ0v) is 9.81. The van der Waals surface area contributed by atoms with Gasteiger partial charge >= 0.3 is 5.97 Å². The summed E-state index contributed by atoms with van der Waals surface area (Å²) in [4.78, 5) is 11.7. The maximum absolute atomic E-state index is 11.7. The highest BCUT2D eigenvalue weighted by molar-refractivity contribution is 8.03. The van der Waals surface area contributed by atoms with Crippen LogP contribution < -0.4 is 5.73 Å². The van der Waals surface area contributed by atoms with E-state index in [1.807, 2.05) is 6.92 Å². The smallest absolute Gasteiger partial charge is 0.336 e. The monoisotopic (exact) mass is 227 g/mol. The minimum absolute atomic E-state index is 0.197. The van der Waals surface area contributed by atoms with E-state index in [4.69, 9.17) is 10.5 Å². The summed E-state index contributed by atoms with van der Waals surface area (Å²) in [5.41, 5.74) is 6.67. The first-order chi connectivity index (χ1) is 7.24. The molecule has 2 N–H and O–H groups in total. The van der Waals surface area contributed by atoms with Crippen molar-refractivity contribution in [3.63, 3.8) is 0 Å². The van der Waals surface area contributed by atoms with E-state index in [0.717, 1.165) is 12.0 Å². The average molecular weight is 227 g/mol. The summed E-state index contributed by atoms with van der Waals surface area (Å²) >= 11 is 1.67. The lowest BCUT2D eigenvalue weighted by atomic mass is 9.84. The fourth-order valence-corrected chi connectivity index (χ4v) is 3.85. The zero-order chi connectivity index (χ0) is 10.8. The Morgan fingerprint density at radius 3 is 3.00 bits per heavy atom. The Hall–Kier alpha value is -0.640. The van der Waals surface area contributed by atoms with E-state index in [9.17, 15) is 4.79 Å². The number of nitrogens with two attached hydrogens (primary N) is 1. The second-order valence-corrected chi connectivity index (χ2v) is 5.33. The third kappa shape index (κ3) is 2.00. The molecule has 4 heteroatoms. The van der Waals surface area contributed by atoms with Crippen LogP contribution >= 0.6 is 11.8 Å². The maximum Gasteiger partial charge on any atom is 0.336 e. The molecular weight excluding hydrogens is 210 g/mol. The van der Waals surface area contributed by atoms with Gasteiger partial charge in [0.1, 0.15) is 0 Å². The summed E-state index contributed by atoms with van der Waals surface area (Å²) in [5.74, 6) is 0.152. The number of hydrogen-bond donors (Lipinski definition) is 1. The minimum atomic E-state index is -0.197. The highest BCUT2D eigenvalue weighted by Crippen LogP contribution is 2.47. The van der Waals surface area contributed by atoms with Gasteiger partial charge in [-0.25, -0.2) is 4.79 Å². The van der Waals surface area contributed by atoms with E-state index in [-0.39, 0.29) is 5.97 Å². The highest BCUT2D eigenvalue weighted by atomic mass is 32.2. The van der Waals surface area contributed by atoms with Crippen LogP contribution in [-0.4, -0.2) is 17.8 Å². The lowest BCUT2D eigenvalue weighted by Crippen LogP contribution is -2.24. The maximum atomic E-state index is 11.7. The second kappa shape index (κ2) is 4.47. The molecule has 1 heterocycles. The molecule has 2 atom stereocenters. The van der Waals surface area contributed by atoms with Gasteiger partial charge in [-0.05, 0) is 19.8 Å². The number of carbonyl (C=O) groups is 1. The van der Waals surface area contributed by atoms with E-state index >= 15 is 0 Å². The quantitative estimate of drug-likeness (QED) is 0.733. The van der Waals surface area contributed by atoms with Gasteiger partial charge in [0.25, 0.3) is 0 Å². The van der Waals surface area contributed by atoms with Gasteiger partial charge in [-0.2, -0.15) is 0 Å². The summed E-state index contributed by atoms with van der Waals surface area (Å²) in [6.07, 6.45) is 4.74. The molecule has 2 unspecified atom stereocenters. The first-order valence-electron chi connectivity index (χ1n) is 5.57. The lowest BCUT2D eigenvalue weighted by molar-refractivity contribution is -0.139. The van der Waals surface area contributed by atoms with Crippen molar-refractivity contribution in [1.82, 2.24) is 0 Å². The molecule has 0 aromatic rings. The summed E-state index contributed by atoms with van der Waals surface area (Å²) in [6, 6.07) is 0. The third-order valence-electron chi connectivity index (χ3n) is 3.11. The van der Waals surface area contributed by atoms with E-state index < -0.39 is 0 Å². The molecule has 0 radical (unpaired) electrons. The van der Waals surface area contributed by atoms with Crippen molar-refractivity contribution in [3.8, 4) is 0 Å². The van der Waals surface area contributed by atoms with Crippen molar-refractivity contribution in [1.29, 1.82) is 0 Å². The van der Waals surface area contributed by atoms with Gasteiger partial charge in [-0.15, -0.1) is 11.8 Å². The first kappa shape index (κ1) is 10.9. The van der Waals surface area contributed by atoms with Crippen LogP contribution in [0.5, 0.6) is 0 Å². The first-order valence-corrected chi connectivity index (χ1v) is 6.45. The normalized spacial score (nSPS) is 30.2. The summed E-state index contributed by atoms with van der Waals surface area (Å²) in [5, 5.41) is 1.23. The third-order valence-corrected chi connectivity index (χ3v) is 4.45. The van der Waals surface area contributed by atoms with Gasteiger partial charge < -0.3 is 10.5 Å². The van der Waals surface area contributed by atoms with Gasteiger partial charge in [0, 0.05) is 11.2 Å². The second-order valence-electron chi connectivity index (χ2n) is 4.05. The molecule has 1 aliphatic heterocycles. The largest absolute Gasteiger partial charge is 0.463 e. The molecule has 0 spiro atoms. The molecule has 2 aliphatic rings. The Labute approximate surface area is 94.4 Å². The number of fused-ring (bicyclic) bond motifs is 1. The van der Waals surface area contributed by atoms with Gasteiger partial charge in [-0.1, -0.05) is 12.8 Å². The highest BCUT2D eigenvalue weighted by Gasteiger charge is 2.40. The van der Waals surface area contributed by atoms with Crippen LogP contribution in [0.3, 0.4) is 0 Å². The van der Waals surface area contributed by atoms with Crippen LogP contribution in [0, 0.1) is 5.92 Å². The number of carbonyl (C=O) groups excluding carboxylic acids is 1. The molecule has 1 fully saturated rings. The number of ether oxygens (including phenoxy) is 1. The van der Waals surface area contributed by atoms with Crippen LogP contribution in [0.25, 0.3) is 0 Å². The summed E-state index contributed by atoms with van der Waals surface area (Å²) in [7, 11) is 0. The Balaban J connectivity index is 2.14. The summed E-state index contributed by atoms with van der Waals surface area (Å²) < 4.78 is 5.06. The molecule has 2 rings (SSSR count). The lowest BCUT2D eigenvalue weighted by Gasteiger charge is -2.25.